The lowest BCUT2D eigenvalue weighted by atomic mass is 10.2. The Morgan fingerprint density at radius 2 is 1.83 bits per heavy atom. The molecule has 0 saturated carbocycles. The average molecular weight is 332 g/mol. The Balaban J connectivity index is 2.37. The largest absolute Gasteiger partial charge is 0.493 e. The summed E-state index contributed by atoms with van der Waals surface area (Å²) < 4.78 is 16.1. The average Bonchev–Trinajstić information content (AvgIpc) is 2.99. The first-order valence-electron chi connectivity index (χ1n) is 6.88. The molecule has 120 valence electrons. The molecule has 0 saturated heterocycles. The van der Waals surface area contributed by atoms with Crippen LogP contribution in [-0.2, 0) is 0 Å². The highest BCUT2D eigenvalue weighted by molar-refractivity contribution is 7.15. The van der Waals surface area contributed by atoms with Gasteiger partial charge < -0.3 is 19.2 Å². The Morgan fingerprint density at radius 3 is 2.39 bits per heavy atom. The summed E-state index contributed by atoms with van der Waals surface area (Å²) in [5.74, 6) is 1.71. The standard InChI is InChI=1S/C16H16N2O4S/c1-8-5-6-11(23-8)15-17-12-9(16(19)18-15)7-10(20-2)13(21-3)14(12)22-4/h5-7H,1-4H3,(H,17,18,19). The molecular weight excluding hydrogens is 316 g/mol. The van der Waals surface area contributed by atoms with E-state index in [1.807, 2.05) is 19.1 Å². The van der Waals surface area contributed by atoms with Crippen molar-refractivity contribution in [3.05, 3.63) is 33.4 Å². The van der Waals surface area contributed by atoms with E-state index in [-0.39, 0.29) is 5.56 Å². The fraction of sp³-hybridized carbons (Fsp3) is 0.250. The van der Waals surface area contributed by atoms with Gasteiger partial charge in [0.2, 0.25) is 5.75 Å². The highest BCUT2D eigenvalue weighted by Crippen LogP contribution is 2.42. The Bertz CT molecular complexity index is 930. The summed E-state index contributed by atoms with van der Waals surface area (Å²) in [7, 11) is 4.53. The van der Waals surface area contributed by atoms with E-state index >= 15 is 0 Å². The third kappa shape index (κ3) is 2.53. The maximum atomic E-state index is 12.5. The molecule has 1 N–H and O–H groups in total. The molecule has 1 aromatic carbocycles. The van der Waals surface area contributed by atoms with Gasteiger partial charge in [-0.2, -0.15) is 0 Å². The number of aromatic nitrogens is 2. The summed E-state index contributed by atoms with van der Waals surface area (Å²) in [6, 6.07) is 5.51. The van der Waals surface area contributed by atoms with Crippen molar-refractivity contribution in [1.29, 1.82) is 0 Å². The number of H-pyrrole nitrogens is 1. The lowest BCUT2D eigenvalue weighted by Crippen LogP contribution is -2.11. The summed E-state index contributed by atoms with van der Waals surface area (Å²) in [5, 5.41) is 0.386. The monoisotopic (exact) mass is 332 g/mol. The first-order valence-corrected chi connectivity index (χ1v) is 7.70. The Kier molecular flexibility index (Phi) is 3.96. The number of hydrogen-bond acceptors (Lipinski definition) is 6. The summed E-state index contributed by atoms with van der Waals surface area (Å²) in [6.45, 7) is 2.00. The molecule has 0 aliphatic carbocycles. The van der Waals surface area contributed by atoms with Gasteiger partial charge in [0.15, 0.2) is 17.3 Å². The van der Waals surface area contributed by atoms with Gasteiger partial charge in [0.25, 0.3) is 5.56 Å². The van der Waals surface area contributed by atoms with Crippen LogP contribution in [0.2, 0.25) is 0 Å². The molecule has 0 fully saturated rings. The maximum absolute atomic E-state index is 12.5. The molecule has 6 nitrogen and oxygen atoms in total. The van der Waals surface area contributed by atoms with E-state index < -0.39 is 0 Å². The SMILES string of the molecule is COc1cc2c(=O)[nH]c(-c3ccc(C)s3)nc2c(OC)c1OC. The van der Waals surface area contributed by atoms with Crippen LogP contribution in [0.1, 0.15) is 4.88 Å². The van der Waals surface area contributed by atoms with Gasteiger partial charge in [-0.25, -0.2) is 4.98 Å². The Hall–Kier alpha value is -2.54. The molecule has 0 aliphatic rings. The zero-order valence-corrected chi connectivity index (χ0v) is 14.0. The van der Waals surface area contributed by atoms with Gasteiger partial charge in [0.05, 0.1) is 31.6 Å². The van der Waals surface area contributed by atoms with Crippen molar-refractivity contribution in [2.24, 2.45) is 0 Å². The number of ether oxygens (including phenoxy) is 3. The molecule has 0 bridgehead atoms. The molecule has 0 spiro atoms. The van der Waals surface area contributed by atoms with Crippen LogP contribution in [0.15, 0.2) is 23.0 Å². The van der Waals surface area contributed by atoms with Gasteiger partial charge in [-0.05, 0) is 25.1 Å². The van der Waals surface area contributed by atoms with Crippen molar-refractivity contribution in [3.63, 3.8) is 0 Å². The molecule has 0 amide bonds. The highest BCUT2D eigenvalue weighted by atomic mass is 32.1. The molecular formula is C16H16N2O4S. The van der Waals surface area contributed by atoms with Gasteiger partial charge in [0.1, 0.15) is 5.52 Å². The van der Waals surface area contributed by atoms with E-state index in [1.165, 1.54) is 21.3 Å². The van der Waals surface area contributed by atoms with E-state index in [9.17, 15) is 4.79 Å². The zero-order valence-electron chi connectivity index (χ0n) is 13.2. The van der Waals surface area contributed by atoms with E-state index in [0.717, 1.165) is 9.75 Å². The minimum absolute atomic E-state index is 0.254. The number of aryl methyl sites for hydroxylation is 1. The predicted octanol–water partition coefficient (Wildman–Crippen LogP) is 2.99. The third-order valence-electron chi connectivity index (χ3n) is 3.48. The molecule has 0 aliphatic heterocycles. The quantitative estimate of drug-likeness (QED) is 0.795. The summed E-state index contributed by atoms with van der Waals surface area (Å²) in [4.78, 5) is 21.9. The fourth-order valence-corrected chi connectivity index (χ4v) is 3.23. The minimum atomic E-state index is -0.254. The predicted molar refractivity (Wildman–Crippen MR) is 90.1 cm³/mol. The van der Waals surface area contributed by atoms with Gasteiger partial charge in [0, 0.05) is 4.88 Å². The van der Waals surface area contributed by atoms with Crippen molar-refractivity contribution in [1.82, 2.24) is 9.97 Å². The number of thiophene rings is 1. The van der Waals surface area contributed by atoms with Gasteiger partial charge in [-0.3, -0.25) is 4.79 Å². The molecule has 2 heterocycles. The van der Waals surface area contributed by atoms with Crippen LogP contribution in [0.4, 0.5) is 0 Å². The molecule has 0 unspecified atom stereocenters. The zero-order chi connectivity index (χ0) is 16.6. The third-order valence-corrected chi connectivity index (χ3v) is 4.49. The number of benzene rings is 1. The van der Waals surface area contributed by atoms with Gasteiger partial charge in [-0.1, -0.05) is 0 Å². The smallest absolute Gasteiger partial charge is 0.259 e. The number of fused-ring (bicyclic) bond motifs is 1. The second-order valence-electron chi connectivity index (χ2n) is 4.87. The number of nitrogens with zero attached hydrogens (tertiary/aromatic N) is 1. The van der Waals surface area contributed by atoms with Crippen molar-refractivity contribution in [3.8, 4) is 28.0 Å². The minimum Gasteiger partial charge on any atom is -0.493 e. The summed E-state index contributed by atoms with van der Waals surface area (Å²) in [5.41, 5.74) is 0.185. The Morgan fingerprint density at radius 1 is 1.09 bits per heavy atom. The summed E-state index contributed by atoms with van der Waals surface area (Å²) in [6.07, 6.45) is 0. The van der Waals surface area contributed by atoms with Crippen LogP contribution in [-0.4, -0.2) is 31.3 Å². The number of hydrogen-bond donors (Lipinski definition) is 1. The van der Waals surface area contributed by atoms with Crippen molar-refractivity contribution >= 4 is 22.2 Å². The van der Waals surface area contributed by atoms with E-state index in [4.69, 9.17) is 14.2 Å². The van der Waals surface area contributed by atoms with Crippen molar-refractivity contribution in [2.45, 2.75) is 6.92 Å². The lowest BCUT2D eigenvalue weighted by molar-refractivity contribution is 0.327. The van der Waals surface area contributed by atoms with Crippen LogP contribution in [0.3, 0.4) is 0 Å². The topological polar surface area (TPSA) is 73.4 Å². The second kappa shape index (κ2) is 5.92. The van der Waals surface area contributed by atoms with E-state index in [1.54, 1.807) is 17.4 Å². The fourth-order valence-electron chi connectivity index (χ4n) is 2.42. The molecule has 23 heavy (non-hydrogen) atoms. The van der Waals surface area contributed by atoms with E-state index in [2.05, 4.69) is 9.97 Å². The normalized spacial score (nSPS) is 10.8. The highest BCUT2D eigenvalue weighted by Gasteiger charge is 2.20. The molecule has 0 radical (unpaired) electrons. The maximum Gasteiger partial charge on any atom is 0.259 e. The van der Waals surface area contributed by atoms with Crippen LogP contribution in [0.5, 0.6) is 17.2 Å². The first-order chi connectivity index (χ1) is 11.1. The van der Waals surface area contributed by atoms with E-state index in [0.29, 0.717) is 34.0 Å². The first kappa shape index (κ1) is 15.4. The van der Waals surface area contributed by atoms with Crippen molar-refractivity contribution < 1.29 is 14.2 Å². The molecule has 3 aromatic rings. The van der Waals surface area contributed by atoms with Crippen molar-refractivity contribution in [2.75, 3.05) is 21.3 Å². The van der Waals surface area contributed by atoms with Gasteiger partial charge >= 0.3 is 0 Å². The number of rotatable bonds is 4. The Labute approximate surface area is 136 Å². The lowest BCUT2D eigenvalue weighted by Gasteiger charge is -2.14. The molecule has 0 atom stereocenters. The van der Waals surface area contributed by atoms with Crippen LogP contribution < -0.4 is 19.8 Å². The molecule has 2 aromatic heterocycles. The van der Waals surface area contributed by atoms with Crippen LogP contribution in [0, 0.1) is 6.92 Å². The molecule has 3 rings (SSSR count). The number of aromatic amines is 1. The number of methoxy groups -OCH3 is 3. The second-order valence-corrected chi connectivity index (χ2v) is 6.15. The molecule has 7 heteroatoms. The van der Waals surface area contributed by atoms with Crippen LogP contribution >= 0.6 is 11.3 Å². The summed E-state index contributed by atoms with van der Waals surface area (Å²) >= 11 is 1.56. The van der Waals surface area contributed by atoms with Gasteiger partial charge in [-0.15, -0.1) is 11.3 Å². The van der Waals surface area contributed by atoms with Crippen LogP contribution in [0.25, 0.3) is 21.6 Å². The number of nitrogens with one attached hydrogen (secondary N) is 1.